The molecule has 0 aromatic heterocycles. The van der Waals surface area contributed by atoms with Gasteiger partial charge in [-0.25, -0.2) is 0 Å². The molecule has 4 nitrogen and oxygen atoms in total. The molecule has 1 aliphatic rings. The van der Waals surface area contributed by atoms with Gasteiger partial charge in [-0.2, -0.15) is 0 Å². The Labute approximate surface area is 173 Å². The summed E-state index contributed by atoms with van der Waals surface area (Å²) in [7, 11) is 1.71. The lowest BCUT2D eigenvalue weighted by Crippen LogP contribution is -2.45. The fraction of sp³-hybridized carbons (Fsp3) is 0.280. The summed E-state index contributed by atoms with van der Waals surface area (Å²) < 4.78 is 11.7. The molecule has 1 fully saturated rings. The molecule has 0 aliphatic carbocycles. The van der Waals surface area contributed by atoms with E-state index in [-0.39, 0.29) is 6.04 Å². The zero-order valence-electron chi connectivity index (χ0n) is 16.9. The number of nitrogens with zero attached hydrogens (tertiary/aromatic N) is 1. The third-order valence-electron chi connectivity index (χ3n) is 5.37. The van der Waals surface area contributed by atoms with Gasteiger partial charge in [0.2, 0.25) is 0 Å². The SMILES string of the molecule is COc1cc(C(c2ccccc2)N2CCNCC2)ccc1OCc1ccccc1. The summed E-state index contributed by atoms with van der Waals surface area (Å²) in [5, 5.41) is 3.45. The number of rotatable bonds is 7. The van der Waals surface area contributed by atoms with Gasteiger partial charge in [0.15, 0.2) is 11.5 Å². The number of benzene rings is 3. The maximum atomic E-state index is 6.05. The molecule has 150 valence electrons. The zero-order chi connectivity index (χ0) is 19.9. The summed E-state index contributed by atoms with van der Waals surface area (Å²) in [6.45, 7) is 4.59. The Morgan fingerprint density at radius 2 is 1.52 bits per heavy atom. The van der Waals surface area contributed by atoms with Gasteiger partial charge in [-0.15, -0.1) is 0 Å². The minimum atomic E-state index is 0.204. The van der Waals surface area contributed by atoms with Crippen LogP contribution < -0.4 is 14.8 Å². The van der Waals surface area contributed by atoms with E-state index >= 15 is 0 Å². The first kappa shape index (κ1) is 19.5. The number of piperazine rings is 1. The van der Waals surface area contributed by atoms with E-state index in [1.165, 1.54) is 11.1 Å². The van der Waals surface area contributed by atoms with Crippen LogP contribution in [0.15, 0.2) is 78.9 Å². The van der Waals surface area contributed by atoms with Crippen molar-refractivity contribution in [3.8, 4) is 11.5 Å². The second-order valence-electron chi connectivity index (χ2n) is 7.28. The van der Waals surface area contributed by atoms with E-state index in [4.69, 9.17) is 9.47 Å². The van der Waals surface area contributed by atoms with Crippen LogP contribution in [0.1, 0.15) is 22.7 Å². The van der Waals surface area contributed by atoms with E-state index in [1.54, 1.807) is 7.11 Å². The Morgan fingerprint density at radius 3 is 2.21 bits per heavy atom. The monoisotopic (exact) mass is 388 g/mol. The molecule has 0 amide bonds. The van der Waals surface area contributed by atoms with E-state index in [0.717, 1.165) is 43.2 Å². The molecule has 1 aliphatic heterocycles. The predicted octanol–water partition coefficient (Wildman–Crippen LogP) is 4.27. The summed E-state index contributed by atoms with van der Waals surface area (Å²) in [5.74, 6) is 1.54. The van der Waals surface area contributed by atoms with Crippen molar-refractivity contribution in [2.24, 2.45) is 0 Å². The highest BCUT2D eigenvalue weighted by molar-refractivity contribution is 5.46. The smallest absolute Gasteiger partial charge is 0.161 e. The van der Waals surface area contributed by atoms with Crippen LogP contribution >= 0.6 is 0 Å². The van der Waals surface area contributed by atoms with Crippen molar-refractivity contribution in [3.05, 3.63) is 95.6 Å². The summed E-state index contributed by atoms with van der Waals surface area (Å²) in [6.07, 6.45) is 0. The summed E-state index contributed by atoms with van der Waals surface area (Å²) in [4.78, 5) is 2.53. The molecule has 0 saturated carbocycles. The lowest BCUT2D eigenvalue weighted by atomic mass is 9.96. The van der Waals surface area contributed by atoms with Crippen molar-refractivity contribution >= 4 is 0 Å². The van der Waals surface area contributed by atoms with Gasteiger partial charge in [-0.3, -0.25) is 4.90 Å². The van der Waals surface area contributed by atoms with Gasteiger partial charge in [0.25, 0.3) is 0 Å². The second kappa shape index (κ2) is 9.59. The predicted molar refractivity (Wildman–Crippen MR) is 116 cm³/mol. The van der Waals surface area contributed by atoms with Gasteiger partial charge in [-0.1, -0.05) is 66.7 Å². The van der Waals surface area contributed by atoms with Crippen molar-refractivity contribution < 1.29 is 9.47 Å². The molecule has 1 atom stereocenters. The Morgan fingerprint density at radius 1 is 0.828 bits per heavy atom. The number of methoxy groups -OCH3 is 1. The van der Waals surface area contributed by atoms with E-state index in [2.05, 4.69) is 64.8 Å². The third kappa shape index (κ3) is 4.78. The Bertz CT molecular complexity index is 893. The quantitative estimate of drug-likeness (QED) is 0.655. The van der Waals surface area contributed by atoms with E-state index in [0.29, 0.717) is 6.61 Å². The molecule has 1 heterocycles. The zero-order valence-corrected chi connectivity index (χ0v) is 16.9. The molecule has 1 unspecified atom stereocenters. The third-order valence-corrected chi connectivity index (χ3v) is 5.37. The van der Waals surface area contributed by atoms with Crippen LogP contribution in [0.2, 0.25) is 0 Å². The molecule has 1 N–H and O–H groups in total. The highest BCUT2D eigenvalue weighted by Gasteiger charge is 2.24. The van der Waals surface area contributed by atoms with Crippen molar-refractivity contribution in [3.63, 3.8) is 0 Å². The lowest BCUT2D eigenvalue weighted by molar-refractivity contribution is 0.198. The first-order chi connectivity index (χ1) is 14.3. The molecule has 29 heavy (non-hydrogen) atoms. The maximum absolute atomic E-state index is 6.05. The summed E-state index contributed by atoms with van der Waals surface area (Å²) in [5.41, 5.74) is 3.66. The largest absolute Gasteiger partial charge is 0.493 e. The first-order valence-corrected chi connectivity index (χ1v) is 10.2. The van der Waals surface area contributed by atoms with Gasteiger partial charge in [0, 0.05) is 26.2 Å². The molecule has 4 heteroatoms. The van der Waals surface area contributed by atoms with Crippen molar-refractivity contribution in [2.75, 3.05) is 33.3 Å². The van der Waals surface area contributed by atoms with Gasteiger partial charge in [-0.05, 0) is 28.8 Å². The van der Waals surface area contributed by atoms with Gasteiger partial charge in [0.1, 0.15) is 6.61 Å². The van der Waals surface area contributed by atoms with Crippen molar-refractivity contribution in [1.29, 1.82) is 0 Å². The maximum Gasteiger partial charge on any atom is 0.161 e. The normalized spacial score (nSPS) is 15.6. The van der Waals surface area contributed by atoms with Crippen molar-refractivity contribution in [1.82, 2.24) is 10.2 Å². The minimum Gasteiger partial charge on any atom is -0.493 e. The average molecular weight is 389 g/mol. The van der Waals surface area contributed by atoms with Crippen LogP contribution in [0.4, 0.5) is 0 Å². The molecule has 3 aromatic carbocycles. The Balaban J connectivity index is 1.61. The molecule has 0 radical (unpaired) electrons. The molecule has 0 bridgehead atoms. The fourth-order valence-corrected chi connectivity index (χ4v) is 3.90. The van der Waals surface area contributed by atoms with Crippen LogP contribution in [-0.4, -0.2) is 38.2 Å². The summed E-state index contributed by atoms with van der Waals surface area (Å²) in [6, 6.07) is 27.4. The first-order valence-electron chi connectivity index (χ1n) is 10.2. The van der Waals surface area contributed by atoms with E-state index in [9.17, 15) is 0 Å². The lowest BCUT2D eigenvalue weighted by Gasteiger charge is -2.35. The van der Waals surface area contributed by atoms with Crippen molar-refractivity contribution in [2.45, 2.75) is 12.6 Å². The fourth-order valence-electron chi connectivity index (χ4n) is 3.90. The van der Waals surface area contributed by atoms with Crippen LogP contribution in [0.3, 0.4) is 0 Å². The second-order valence-corrected chi connectivity index (χ2v) is 7.28. The number of hydrogen-bond donors (Lipinski definition) is 1. The number of nitrogens with one attached hydrogen (secondary N) is 1. The Hall–Kier alpha value is -2.82. The van der Waals surface area contributed by atoms with E-state index < -0.39 is 0 Å². The average Bonchev–Trinajstić information content (AvgIpc) is 2.80. The van der Waals surface area contributed by atoms with Gasteiger partial charge < -0.3 is 14.8 Å². The minimum absolute atomic E-state index is 0.204. The molecule has 4 rings (SSSR count). The highest BCUT2D eigenvalue weighted by Crippen LogP contribution is 2.35. The van der Waals surface area contributed by atoms with Crippen LogP contribution in [-0.2, 0) is 6.61 Å². The molecule has 1 saturated heterocycles. The molecular formula is C25H28N2O2. The summed E-state index contributed by atoms with van der Waals surface area (Å²) >= 11 is 0. The van der Waals surface area contributed by atoms with Gasteiger partial charge >= 0.3 is 0 Å². The van der Waals surface area contributed by atoms with Crippen LogP contribution in [0.25, 0.3) is 0 Å². The Kier molecular flexibility index (Phi) is 6.45. The highest BCUT2D eigenvalue weighted by atomic mass is 16.5. The number of ether oxygens (including phenoxy) is 2. The van der Waals surface area contributed by atoms with Gasteiger partial charge in [0.05, 0.1) is 13.2 Å². The van der Waals surface area contributed by atoms with Crippen LogP contribution in [0.5, 0.6) is 11.5 Å². The van der Waals surface area contributed by atoms with E-state index in [1.807, 2.05) is 24.3 Å². The molecule has 3 aromatic rings. The molecule has 0 spiro atoms. The van der Waals surface area contributed by atoms with Crippen LogP contribution in [0, 0.1) is 0 Å². The topological polar surface area (TPSA) is 33.7 Å². The molecular weight excluding hydrogens is 360 g/mol. The number of hydrogen-bond acceptors (Lipinski definition) is 4. The standard InChI is InChI=1S/C25H28N2O2/c1-28-24-18-22(12-13-23(24)29-19-20-8-4-2-5-9-20)25(21-10-6-3-7-11-21)27-16-14-26-15-17-27/h2-13,18,25-26H,14-17,19H2,1H3.